The van der Waals surface area contributed by atoms with E-state index in [2.05, 4.69) is 59.1 Å². The number of nitrogens with one attached hydrogen (secondary N) is 1. The highest BCUT2D eigenvalue weighted by atomic mass is 14.8. The lowest BCUT2D eigenvalue weighted by Crippen LogP contribution is -2.10. The van der Waals surface area contributed by atoms with Gasteiger partial charge in [-0.05, 0) is 40.5 Å². The molecule has 16 heavy (non-hydrogen) atoms. The molecule has 0 saturated heterocycles. The Labute approximate surface area is 100 Å². The van der Waals surface area contributed by atoms with Crippen LogP contribution in [-0.4, -0.2) is 0 Å². The van der Waals surface area contributed by atoms with E-state index in [0.29, 0.717) is 17.8 Å². The van der Waals surface area contributed by atoms with Crippen LogP contribution in [0.2, 0.25) is 0 Å². The van der Waals surface area contributed by atoms with Gasteiger partial charge in [-0.3, -0.25) is 0 Å². The van der Waals surface area contributed by atoms with Crippen LogP contribution in [0.5, 0.6) is 0 Å². The molecule has 0 aromatic rings. The van der Waals surface area contributed by atoms with E-state index in [1.165, 1.54) is 16.7 Å². The zero-order chi connectivity index (χ0) is 12.3. The van der Waals surface area contributed by atoms with Crippen LogP contribution in [0.25, 0.3) is 0 Å². The molecule has 0 amide bonds. The molecule has 0 fully saturated rings. The Kier molecular flexibility index (Phi) is 4.40. The maximum atomic E-state index is 3.26. The molecule has 0 unspecified atom stereocenters. The smallest absolute Gasteiger partial charge is 0.00423 e. The van der Waals surface area contributed by atoms with Crippen LogP contribution in [0.3, 0.4) is 0 Å². The van der Waals surface area contributed by atoms with Crippen LogP contribution in [-0.2, 0) is 0 Å². The van der Waals surface area contributed by atoms with Gasteiger partial charge in [-0.15, -0.1) is 0 Å². The first-order valence-corrected chi connectivity index (χ1v) is 6.32. The second kappa shape index (κ2) is 5.38. The Morgan fingerprint density at radius 1 is 0.875 bits per heavy atom. The van der Waals surface area contributed by atoms with Crippen molar-refractivity contribution in [2.45, 2.75) is 41.5 Å². The Hall–Kier alpha value is -0.980. The van der Waals surface area contributed by atoms with Gasteiger partial charge in [0.05, 0.1) is 0 Å². The standard InChI is InChI=1S/C15H25N/c1-10(2)13-7-8-16-9-14(11(3)4)15(13)12(5)6/h7-12,16H,1-6H3. The van der Waals surface area contributed by atoms with Crippen molar-refractivity contribution in [1.29, 1.82) is 0 Å². The third kappa shape index (κ3) is 2.78. The van der Waals surface area contributed by atoms with Crippen LogP contribution in [0, 0.1) is 17.8 Å². The maximum Gasteiger partial charge on any atom is 0.00423 e. The molecular weight excluding hydrogens is 194 g/mol. The molecule has 0 spiro atoms. The van der Waals surface area contributed by atoms with Gasteiger partial charge < -0.3 is 5.32 Å². The number of hydrogen-bond donors (Lipinski definition) is 1. The molecule has 0 aliphatic carbocycles. The summed E-state index contributed by atoms with van der Waals surface area (Å²) >= 11 is 0. The van der Waals surface area contributed by atoms with Gasteiger partial charge in [0.15, 0.2) is 0 Å². The average molecular weight is 219 g/mol. The van der Waals surface area contributed by atoms with E-state index in [1.807, 2.05) is 6.20 Å². The summed E-state index contributed by atoms with van der Waals surface area (Å²) in [5.74, 6) is 1.73. The summed E-state index contributed by atoms with van der Waals surface area (Å²) in [6, 6.07) is 0. The minimum atomic E-state index is 0.568. The minimum absolute atomic E-state index is 0.568. The van der Waals surface area contributed by atoms with Crippen molar-refractivity contribution < 1.29 is 0 Å². The van der Waals surface area contributed by atoms with Gasteiger partial charge in [-0.25, -0.2) is 0 Å². The van der Waals surface area contributed by atoms with Crippen LogP contribution in [0.15, 0.2) is 35.2 Å². The summed E-state index contributed by atoms with van der Waals surface area (Å²) in [7, 11) is 0. The van der Waals surface area contributed by atoms with E-state index in [-0.39, 0.29) is 0 Å². The van der Waals surface area contributed by atoms with Crippen LogP contribution < -0.4 is 5.32 Å². The average Bonchev–Trinajstić information content (AvgIpc) is 2.38. The summed E-state index contributed by atoms with van der Waals surface area (Å²) in [5, 5.41) is 3.26. The Balaban J connectivity index is 3.30. The van der Waals surface area contributed by atoms with Gasteiger partial charge in [-0.1, -0.05) is 41.5 Å². The molecule has 1 heteroatoms. The molecule has 1 heterocycles. The number of hydrogen-bond acceptors (Lipinski definition) is 1. The molecule has 1 rings (SSSR count). The van der Waals surface area contributed by atoms with Crippen LogP contribution in [0.4, 0.5) is 0 Å². The summed E-state index contributed by atoms with van der Waals surface area (Å²) < 4.78 is 0. The molecule has 1 aliphatic rings. The fraction of sp³-hybridized carbons (Fsp3) is 0.600. The molecule has 90 valence electrons. The molecule has 1 nitrogen and oxygen atoms in total. The largest absolute Gasteiger partial charge is 0.367 e. The lowest BCUT2D eigenvalue weighted by Gasteiger charge is -2.23. The first-order valence-electron chi connectivity index (χ1n) is 6.32. The van der Waals surface area contributed by atoms with Crippen LogP contribution in [0.1, 0.15) is 41.5 Å². The van der Waals surface area contributed by atoms with E-state index in [4.69, 9.17) is 0 Å². The van der Waals surface area contributed by atoms with E-state index in [0.717, 1.165) is 0 Å². The lowest BCUT2D eigenvalue weighted by atomic mass is 9.82. The zero-order valence-electron chi connectivity index (χ0n) is 11.5. The highest BCUT2D eigenvalue weighted by molar-refractivity contribution is 5.44. The lowest BCUT2D eigenvalue weighted by molar-refractivity contribution is 0.668. The van der Waals surface area contributed by atoms with Gasteiger partial charge in [-0.2, -0.15) is 0 Å². The maximum absolute atomic E-state index is 3.26. The molecule has 1 aliphatic heterocycles. The number of rotatable bonds is 3. The zero-order valence-corrected chi connectivity index (χ0v) is 11.5. The molecular formula is C15H25N. The van der Waals surface area contributed by atoms with Crippen molar-refractivity contribution in [2.24, 2.45) is 17.8 Å². The summed E-state index contributed by atoms with van der Waals surface area (Å²) in [6.07, 6.45) is 6.44. The van der Waals surface area contributed by atoms with Gasteiger partial charge in [0, 0.05) is 12.4 Å². The first-order chi connectivity index (χ1) is 7.45. The van der Waals surface area contributed by atoms with E-state index >= 15 is 0 Å². The van der Waals surface area contributed by atoms with Crippen molar-refractivity contribution in [2.75, 3.05) is 0 Å². The van der Waals surface area contributed by atoms with Crippen molar-refractivity contribution in [1.82, 2.24) is 5.32 Å². The monoisotopic (exact) mass is 219 g/mol. The summed E-state index contributed by atoms with van der Waals surface area (Å²) in [5.41, 5.74) is 4.44. The van der Waals surface area contributed by atoms with Crippen molar-refractivity contribution >= 4 is 0 Å². The van der Waals surface area contributed by atoms with E-state index in [9.17, 15) is 0 Å². The molecule has 0 radical (unpaired) electrons. The summed E-state index contributed by atoms with van der Waals surface area (Å²) in [6.45, 7) is 13.6. The Morgan fingerprint density at radius 3 is 1.94 bits per heavy atom. The van der Waals surface area contributed by atoms with Crippen molar-refractivity contribution in [3.05, 3.63) is 35.2 Å². The SMILES string of the molecule is CC(C)C1=CNC=CC(C(C)C)=C1C(C)C. The van der Waals surface area contributed by atoms with E-state index < -0.39 is 0 Å². The number of allylic oxidation sites excluding steroid dienone is 4. The first kappa shape index (κ1) is 13.1. The second-order valence-electron chi connectivity index (χ2n) is 5.43. The van der Waals surface area contributed by atoms with Gasteiger partial charge in [0.2, 0.25) is 0 Å². The van der Waals surface area contributed by atoms with Crippen molar-refractivity contribution in [3.63, 3.8) is 0 Å². The highest BCUT2D eigenvalue weighted by Gasteiger charge is 2.19. The molecule has 0 saturated carbocycles. The summed E-state index contributed by atoms with van der Waals surface area (Å²) in [4.78, 5) is 0. The second-order valence-corrected chi connectivity index (χ2v) is 5.43. The normalized spacial score (nSPS) is 16.9. The molecule has 0 atom stereocenters. The Bertz CT molecular complexity index is 327. The molecule has 0 aromatic heterocycles. The van der Waals surface area contributed by atoms with Gasteiger partial charge in [0.1, 0.15) is 0 Å². The molecule has 1 N–H and O–H groups in total. The third-order valence-electron chi connectivity index (χ3n) is 3.04. The molecule has 0 aromatic carbocycles. The minimum Gasteiger partial charge on any atom is -0.367 e. The van der Waals surface area contributed by atoms with Crippen LogP contribution >= 0.6 is 0 Å². The third-order valence-corrected chi connectivity index (χ3v) is 3.04. The highest BCUT2D eigenvalue weighted by Crippen LogP contribution is 2.33. The topological polar surface area (TPSA) is 12.0 Å². The predicted octanol–water partition coefficient (Wildman–Crippen LogP) is 4.25. The van der Waals surface area contributed by atoms with Gasteiger partial charge >= 0.3 is 0 Å². The van der Waals surface area contributed by atoms with E-state index in [1.54, 1.807) is 0 Å². The fourth-order valence-corrected chi connectivity index (χ4v) is 2.26. The fourth-order valence-electron chi connectivity index (χ4n) is 2.26. The molecule has 0 bridgehead atoms. The Morgan fingerprint density at radius 2 is 1.50 bits per heavy atom. The van der Waals surface area contributed by atoms with Crippen molar-refractivity contribution in [3.8, 4) is 0 Å². The predicted molar refractivity (Wildman–Crippen MR) is 71.9 cm³/mol. The van der Waals surface area contributed by atoms with Gasteiger partial charge in [0.25, 0.3) is 0 Å². The quantitative estimate of drug-likeness (QED) is 0.748.